The van der Waals surface area contributed by atoms with Gasteiger partial charge < -0.3 is 19.3 Å². The number of hydrogen-bond donors (Lipinski definition) is 1. The molecule has 1 aromatic carbocycles. The molecule has 0 spiro atoms. The molecule has 8 nitrogen and oxygen atoms in total. The molecule has 3 rings (SSSR count). The van der Waals surface area contributed by atoms with Crippen molar-refractivity contribution >= 4 is 28.9 Å². The first kappa shape index (κ1) is 19.6. The smallest absolute Gasteiger partial charge is 0.306 e. The number of ether oxygens (including phenoxy) is 2. The van der Waals surface area contributed by atoms with Gasteiger partial charge in [-0.25, -0.2) is 0 Å². The predicted octanol–water partition coefficient (Wildman–Crippen LogP) is 3.31. The van der Waals surface area contributed by atoms with Gasteiger partial charge in [0.2, 0.25) is 11.7 Å². The lowest BCUT2D eigenvalue weighted by Crippen LogP contribution is -2.21. The Morgan fingerprint density at radius 1 is 1.21 bits per heavy atom. The van der Waals surface area contributed by atoms with Gasteiger partial charge in [0.15, 0.2) is 6.61 Å². The highest BCUT2D eigenvalue weighted by atomic mass is 32.1. The number of anilines is 1. The molecule has 0 aliphatic heterocycles. The second-order valence-electron chi connectivity index (χ2n) is 5.66. The Bertz CT molecular complexity index is 906. The first-order chi connectivity index (χ1) is 13.6. The lowest BCUT2D eigenvalue weighted by Gasteiger charge is -2.07. The summed E-state index contributed by atoms with van der Waals surface area (Å²) in [5, 5.41) is 8.44. The zero-order chi connectivity index (χ0) is 19.8. The number of amides is 1. The van der Waals surface area contributed by atoms with Crippen molar-refractivity contribution in [1.29, 1.82) is 0 Å². The van der Waals surface area contributed by atoms with Gasteiger partial charge in [0.25, 0.3) is 5.91 Å². The van der Waals surface area contributed by atoms with Gasteiger partial charge in [0, 0.05) is 12.1 Å². The molecular weight excluding hydrogens is 382 g/mol. The third kappa shape index (κ3) is 5.65. The van der Waals surface area contributed by atoms with Gasteiger partial charge >= 0.3 is 5.97 Å². The summed E-state index contributed by atoms with van der Waals surface area (Å²) in [6, 6.07) is 10.7. The summed E-state index contributed by atoms with van der Waals surface area (Å²) < 4.78 is 15.4. The van der Waals surface area contributed by atoms with E-state index >= 15 is 0 Å². The molecule has 1 amide bonds. The highest BCUT2D eigenvalue weighted by molar-refractivity contribution is 7.13. The van der Waals surface area contributed by atoms with Gasteiger partial charge in [-0.3, -0.25) is 9.59 Å². The van der Waals surface area contributed by atoms with E-state index in [2.05, 4.69) is 15.5 Å². The third-order valence-electron chi connectivity index (χ3n) is 3.57. The molecule has 0 fully saturated rings. The van der Waals surface area contributed by atoms with Crippen LogP contribution in [0.1, 0.15) is 19.2 Å². The number of aromatic nitrogens is 2. The maximum atomic E-state index is 11.9. The summed E-state index contributed by atoms with van der Waals surface area (Å²) in [6.07, 6.45) is 0.292. The topological polar surface area (TPSA) is 104 Å². The zero-order valence-corrected chi connectivity index (χ0v) is 16.0. The molecule has 2 heterocycles. The Morgan fingerprint density at radius 2 is 2.04 bits per heavy atom. The highest BCUT2D eigenvalue weighted by Gasteiger charge is 2.13. The normalized spacial score (nSPS) is 10.5. The van der Waals surface area contributed by atoms with E-state index in [1.165, 1.54) is 11.3 Å². The van der Waals surface area contributed by atoms with Crippen LogP contribution in [0.15, 0.2) is 46.3 Å². The van der Waals surface area contributed by atoms with Crippen LogP contribution >= 0.6 is 11.3 Å². The van der Waals surface area contributed by atoms with E-state index in [1.807, 2.05) is 24.4 Å². The first-order valence-electron chi connectivity index (χ1n) is 8.69. The van der Waals surface area contributed by atoms with Crippen molar-refractivity contribution in [2.75, 3.05) is 18.5 Å². The summed E-state index contributed by atoms with van der Waals surface area (Å²) in [4.78, 5) is 28.8. The quantitative estimate of drug-likeness (QED) is 0.549. The van der Waals surface area contributed by atoms with E-state index in [0.29, 0.717) is 24.0 Å². The molecule has 0 radical (unpaired) electrons. The highest BCUT2D eigenvalue weighted by Crippen LogP contribution is 2.21. The fourth-order valence-corrected chi connectivity index (χ4v) is 2.94. The van der Waals surface area contributed by atoms with Gasteiger partial charge in [0.1, 0.15) is 5.75 Å². The van der Waals surface area contributed by atoms with Gasteiger partial charge in [-0.15, -0.1) is 11.3 Å². The van der Waals surface area contributed by atoms with Crippen LogP contribution in [0.3, 0.4) is 0 Å². The van der Waals surface area contributed by atoms with Crippen LogP contribution in [0, 0.1) is 0 Å². The van der Waals surface area contributed by atoms with Crippen molar-refractivity contribution in [1.82, 2.24) is 10.1 Å². The fourth-order valence-electron chi connectivity index (χ4n) is 2.29. The lowest BCUT2D eigenvalue weighted by molar-refractivity contribution is -0.147. The minimum Gasteiger partial charge on any atom is -0.494 e. The van der Waals surface area contributed by atoms with Crippen LogP contribution in [0.25, 0.3) is 10.7 Å². The van der Waals surface area contributed by atoms with E-state index < -0.39 is 11.9 Å². The standard InChI is InChI=1S/C19H19N3O5S/c1-2-25-14-7-5-13(6-8-14)20-16(23)12-26-18(24)10-9-17-21-19(22-27-17)15-4-3-11-28-15/h3-8,11H,2,9-10,12H2,1H3,(H,20,23). The zero-order valence-electron chi connectivity index (χ0n) is 15.2. The minimum absolute atomic E-state index is 0.0441. The number of aryl methyl sites for hydroxylation is 1. The SMILES string of the molecule is CCOc1ccc(NC(=O)COC(=O)CCc2nc(-c3cccs3)no2)cc1. The van der Waals surface area contributed by atoms with Gasteiger partial charge in [-0.1, -0.05) is 11.2 Å². The van der Waals surface area contributed by atoms with E-state index in [1.54, 1.807) is 24.3 Å². The number of nitrogens with one attached hydrogen (secondary N) is 1. The van der Waals surface area contributed by atoms with Crippen LogP contribution in [0.2, 0.25) is 0 Å². The monoisotopic (exact) mass is 401 g/mol. The van der Waals surface area contributed by atoms with Crippen molar-refractivity contribution in [3.63, 3.8) is 0 Å². The second kappa shape index (κ2) is 9.65. The maximum absolute atomic E-state index is 11.9. The number of carbonyl (C=O) groups is 2. The molecule has 3 aromatic rings. The Balaban J connectivity index is 1.38. The molecule has 0 unspecified atom stereocenters. The average molecular weight is 401 g/mol. The fraction of sp³-hybridized carbons (Fsp3) is 0.263. The van der Waals surface area contributed by atoms with Crippen molar-refractivity contribution in [2.45, 2.75) is 19.8 Å². The number of benzene rings is 1. The number of rotatable bonds is 9. The van der Waals surface area contributed by atoms with Crippen molar-refractivity contribution in [2.24, 2.45) is 0 Å². The summed E-state index contributed by atoms with van der Waals surface area (Å²) in [5.41, 5.74) is 0.594. The molecule has 2 aromatic heterocycles. The largest absolute Gasteiger partial charge is 0.494 e. The van der Waals surface area contributed by atoms with Crippen molar-refractivity contribution < 1.29 is 23.6 Å². The Kier molecular flexibility index (Phi) is 6.74. The molecule has 0 aliphatic rings. The second-order valence-corrected chi connectivity index (χ2v) is 6.60. The van der Waals surface area contributed by atoms with Crippen LogP contribution in [0.5, 0.6) is 5.75 Å². The molecule has 0 saturated heterocycles. The molecule has 1 N–H and O–H groups in total. The number of nitrogens with zero attached hydrogens (tertiary/aromatic N) is 2. The molecule has 0 aliphatic carbocycles. The van der Waals surface area contributed by atoms with E-state index in [9.17, 15) is 9.59 Å². The molecule has 9 heteroatoms. The minimum atomic E-state index is -0.516. The van der Waals surface area contributed by atoms with E-state index in [4.69, 9.17) is 14.0 Å². The molecule has 28 heavy (non-hydrogen) atoms. The first-order valence-corrected chi connectivity index (χ1v) is 9.57. The Labute approximate surface area is 165 Å². The molecule has 146 valence electrons. The Morgan fingerprint density at radius 3 is 2.75 bits per heavy atom. The van der Waals surface area contributed by atoms with Crippen LogP contribution in [-0.2, 0) is 20.7 Å². The third-order valence-corrected chi connectivity index (χ3v) is 4.43. The molecule has 0 bridgehead atoms. The van der Waals surface area contributed by atoms with Crippen LogP contribution in [-0.4, -0.2) is 35.2 Å². The summed E-state index contributed by atoms with van der Waals surface area (Å²) in [6.45, 7) is 2.10. The summed E-state index contributed by atoms with van der Waals surface area (Å²) >= 11 is 1.50. The maximum Gasteiger partial charge on any atom is 0.306 e. The van der Waals surface area contributed by atoms with Crippen LogP contribution < -0.4 is 10.1 Å². The van der Waals surface area contributed by atoms with Crippen LogP contribution in [0.4, 0.5) is 5.69 Å². The van der Waals surface area contributed by atoms with Gasteiger partial charge in [0.05, 0.1) is 17.9 Å². The van der Waals surface area contributed by atoms with Crippen molar-refractivity contribution in [3.8, 4) is 16.5 Å². The van der Waals surface area contributed by atoms with Gasteiger partial charge in [-0.2, -0.15) is 4.98 Å². The molecular formula is C19H19N3O5S. The summed E-state index contributed by atoms with van der Waals surface area (Å²) in [7, 11) is 0. The number of thiophene rings is 1. The van der Waals surface area contributed by atoms with Gasteiger partial charge in [-0.05, 0) is 42.6 Å². The summed E-state index contributed by atoms with van der Waals surface area (Å²) in [5.74, 6) is 0.621. The average Bonchev–Trinajstić information content (AvgIpc) is 3.38. The molecule has 0 atom stereocenters. The van der Waals surface area contributed by atoms with E-state index in [0.717, 1.165) is 10.6 Å². The predicted molar refractivity (Wildman–Crippen MR) is 103 cm³/mol. The number of hydrogen-bond acceptors (Lipinski definition) is 8. The Hall–Kier alpha value is -3.20. The number of esters is 1. The molecule has 0 saturated carbocycles. The lowest BCUT2D eigenvalue weighted by atomic mass is 10.3. The number of carbonyl (C=O) groups excluding carboxylic acids is 2. The van der Waals surface area contributed by atoms with E-state index in [-0.39, 0.29) is 19.4 Å². The van der Waals surface area contributed by atoms with Crippen molar-refractivity contribution in [3.05, 3.63) is 47.7 Å².